The number of nitrogens with zero attached hydrogens (tertiary/aromatic N) is 5. The summed E-state index contributed by atoms with van der Waals surface area (Å²) in [5.41, 5.74) is 1.40. The molecular formula is C16H24N6O2. The zero-order chi connectivity index (χ0) is 17.3. The van der Waals surface area contributed by atoms with E-state index in [1.807, 2.05) is 36.9 Å². The predicted molar refractivity (Wildman–Crippen MR) is 91.0 cm³/mol. The predicted octanol–water partition coefficient (Wildman–Crippen LogP) is 1.08. The molecule has 3 amide bonds. The van der Waals surface area contributed by atoms with Crippen LogP contribution in [0.3, 0.4) is 0 Å². The monoisotopic (exact) mass is 332 g/mol. The minimum atomic E-state index is -0.153. The Morgan fingerprint density at radius 2 is 2.12 bits per heavy atom. The Morgan fingerprint density at radius 1 is 1.33 bits per heavy atom. The van der Waals surface area contributed by atoms with Crippen molar-refractivity contribution in [2.45, 2.75) is 32.2 Å². The molecule has 1 aromatic heterocycles. The van der Waals surface area contributed by atoms with Gasteiger partial charge in [0.15, 0.2) is 5.82 Å². The van der Waals surface area contributed by atoms with Crippen LogP contribution in [-0.2, 0) is 4.79 Å². The molecule has 0 aliphatic carbocycles. The van der Waals surface area contributed by atoms with E-state index in [0.717, 1.165) is 25.1 Å². The Morgan fingerprint density at radius 3 is 2.79 bits per heavy atom. The van der Waals surface area contributed by atoms with Gasteiger partial charge in [0.2, 0.25) is 5.91 Å². The minimum absolute atomic E-state index is 0.149. The van der Waals surface area contributed by atoms with Gasteiger partial charge in [-0.2, -0.15) is 5.10 Å². The van der Waals surface area contributed by atoms with E-state index in [4.69, 9.17) is 0 Å². The van der Waals surface area contributed by atoms with Crippen molar-refractivity contribution in [3.05, 3.63) is 11.8 Å². The number of likely N-dealkylation sites (tertiary alicyclic amines) is 2. The Balaban J connectivity index is 1.66. The van der Waals surface area contributed by atoms with Crippen molar-refractivity contribution in [3.63, 3.8) is 0 Å². The van der Waals surface area contributed by atoms with Gasteiger partial charge >= 0.3 is 6.03 Å². The molecule has 8 heteroatoms. The molecule has 1 aromatic rings. The van der Waals surface area contributed by atoms with E-state index in [1.54, 1.807) is 4.90 Å². The van der Waals surface area contributed by atoms with E-state index in [9.17, 15) is 9.59 Å². The molecule has 2 aliphatic heterocycles. The van der Waals surface area contributed by atoms with Crippen LogP contribution in [0.15, 0.2) is 6.07 Å². The number of carbonyl (C=O) groups excluding carboxylic acids is 2. The van der Waals surface area contributed by atoms with E-state index in [0.29, 0.717) is 31.0 Å². The molecule has 3 heterocycles. The molecule has 130 valence electrons. The summed E-state index contributed by atoms with van der Waals surface area (Å²) in [5.74, 6) is 0.838. The highest BCUT2D eigenvalue weighted by Gasteiger charge is 2.35. The lowest BCUT2D eigenvalue weighted by molar-refractivity contribution is -0.129. The molecule has 2 aliphatic rings. The number of carbonyl (C=O) groups is 2. The second-order valence-corrected chi connectivity index (χ2v) is 6.63. The van der Waals surface area contributed by atoms with Gasteiger partial charge in [0.05, 0.1) is 17.4 Å². The maximum atomic E-state index is 12.6. The fourth-order valence-electron chi connectivity index (χ4n) is 3.33. The van der Waals surface area contributed by atoms with Crippen LogP contribution < -0.4 is 10.2 Å². The SMILES string of the molecule is Cc1cc(NC(=O)N2CCC(N3CCCC3=O)C2)c(N(C)C)nn1. The standard InChI is InChI=1S/C16H24N6O2/c1-11-9-13(15(19-18-11)20(2)3)17-16(24)21-8-6-12(10-21)22-7-4-5-14(22)23/h9,12H,4-8,10H2,1-3H3,(H,17,18,24). The van der Waals surface area contributed by atoms with Gasteiger partial charge in [0.25, 0.3) is 0 Å². The van der Waals surface area contributed by atoms with Gasteiger partial charge in [-0.1, -0.05) is 0 Å². The Bertz CT molecular complexity index is 647. The molecule has 0 saturated carbocycles. The number of aromatic nitrogens is 2. The summed E-state index contributed by atoms with van der Waals surface area (Å²) >= 11 is 0. The molecule has 24 heavy (non-hydrogen) atoms. The zero-order valence-corrected chi connectivity index (χ0v) is 14.4. The van der Waals surface area contributed by atoms with Crippen LogP contribution in [0.2, 0.25) is 0 Å². The third-order valence-electron chi connectivity index (χ3n) is 4.56. The van der Waals surface area contributed by atoms with E-state index in [1.165, 1.54) is 0 Å². The number of hydrogen-bond donors (Lipinski definition) is 1. The fraction of sp³-hybridized carbons (Fsp3) is 0.625. The van der Waals surface area contributed by atoms with Crippen molar-refractivity contribution in [3.8, 4) is 0 Å². The van der Waals surface area contributed by atoms with Crippen molar-refractivity contribution in [1.29, 1.82) is 0 Å². The van der Waals surface area contributed by atoms with Crippen molar-refractivity contribution in [2.24, 2.45) is 0 Å². The van der Waals surface area contributed by atoms with E-state index in [-0.39, 0.29) is 18.0 Å². The van der Waals surface area contributed by atoms with Crippen molar-refractivity contribution >= 4 is 23.4 Å². The van der Waals surface area contributed by atoms with E-state index >= 15 is 0 Å². The summed E-state index contributed by atoms with van der Waals surface area (Å²) in [6.45, 7) is 3.91. The summed E-state index contributed by atoms with van der Waals surface area (Å²) in [4.78, 5) is 30.0. The van der Waals surface area contributed by atoms with Gasteiger partial charge in [-0.15, -0.1) is 5.10 Å². The highest BCUT2D eigenvalue weighted by Crippen LogP contribution is 2.24. The van der Waals surface area contributed by atoms with Crippen LogP contribution in [-0.4, -0.2) is 71.7 Å². The first-order valence-corrected chi connectivity index (χ1v) is 8.32. The number of amides is 3. The number of nitrogens with one attached hydrogen (secondary N) is 1. The van der Waals surface area contributed by atoms with Crippen molar-refractivity contribution in [2.75, 3.05) is 43.9 Å². The molecule has 1 atom stereocenters. The summed E-state index contributed by atoms with van der Waals surface area (Å²) in [7, 11) is 3.72. The first-order valence-electron chi connectivity index (χ1n) is 8.32. The third-order valence-corrected chi connectivity index (χ3v) is 4.56. The van der Waals surface area contributed by atoms with Crippen LogP contribution in [0.4, 0.5) is 16.3 Å². The van der Waals surface area contributed by atoms with E-state index < -0.39 is 0 Å². The third kappa shape index (κ3) is 3.27. The molecule has 1 unspecified atom stereocenters. The number of rotatable bonds is 3. The van der Waals surface area contributed by atoms with Crippen molar-refractivity contribution in [1.82, 2.24) is 20.0 Å². The van der Waals surface area contributed by atoms with Gasteiger partial charge in [-0.3, -0.25) is 4.79 Å². The highest BCUT2D eigenvalue weighted by molar-refractivity contribution is 5.92. The highest BCUT2D eigenvalue weighted by atomic mass is 16.2. The van der Waals surface area contributed by atoms with Gasteiger partial charge < -0.3 is 20.0 Å². The zero-order valence-electron chi connectivity index (χ0n) is 14.4. The number of anilines is 2. The largest absolute Gasteiger partial charge is 0.360 e. The Kier molecular flexibility index (Phi) is 4.55. The maximum absolute atomic E-state index is 12.6. The second kappa shape index (κ2) is 6.62. The maximum Gasteiger partial charge on any atom is 0.322 e. The quantitative estimate of drug-likeness (QED) is 0.896. The Labute approximate surface area is 141 Å². The average molecular weight is 332 g/mol. The van der Waals surface area contributed by atoms with E-state index in [2.05, 4.69) is 15.5 Å². The summed E-state index contributed by atoms with van der Waals surface area (Å²) in [5, 5.41) is 11.1. The first-order chi connectivity index (χ1) is 11.5. The van der Waals surface area contributed by atoms with Crippen LogP contribution in [0, 0.1) is 6.92 Å². The number of aryl methyl sites for hydroxylation is 1. The molecule has 2 fully saturated rings. The average Bonchev–Trinajstić information content (AvgIpc) is 3.15. The lowest BCUT2D eigenvalue weighted by atomic mass is 10.2. The molecule has 0 aromatic carbocycles. The van der Waals surface area contributed by atoms with Gasteiger partial charge in [-0.25, -0.2) is 4.79 Å². The normalized spacial score (nSPS) is 20.6. The van der Waals surface area contributed by atoms with Gasteiger partial charge in [0, 0.05) is 40.2 Å². The molecule has 0 radical (unpaired) electrons. The first kappa shape index (κ1) is 16.5. The van der Waals surface area contributed by atoms with Gasteiger partial charge in [0.1, 0.15) is 0 Å². The van der Waals surface area contributed by atoms with Gasteiger partial charge in [-0.05, 0) is 25.8 Å². The van der Waals surface area contributed by atoms with Crippen LogP contribution >= 0.6 is 0 Å². The topological polar surface area (TPSA) is 81.7 Å². The Hall–Kier alpha value is -2.38. The smallest absolute Gasteiger partial charge is 0.322 e. The summed E-state index contributed by atoms with van der Waals surface area (Å²) in [6.07, 6.45) is 2.40. The molecular weight excluding hydrogens is 308 g/mol. The lowest BCUT2D eigenvalue weighted by Gasteiger charge is -2.24. The molecule has 8 nitrogen and oxygen atoms in total. The van der Waals surface area contributed by atoms with Crippen molar-refractivity contribution < 1.29 is 9.59 Å². The molecule has 0 spiro atoms. The summed E-state index contributed by atoms with van der Waals surface area (Å²) < 4.78 is 0. The van der Waals surface area contributed by atoms with Crippen LogP contribution in [0.1, 0.15) is 25.0 Å². The van der Waals surface area contributed by atoms with Crippen LogP contribution in [0.25, 0.3) is 0 Å². The molecule has 0 bridgehead atoms. The molecule has 3 rings (SSSR count). The molecule has 1 N–H and O–H groups in total. The second-order valence-electron chi connectivity index (χ2n) is 6.63. The summed E-state index contributed by atoms with van der Waals surface area (Å²) in [6, 6.07) is 1.81. The fourth-order valence-corrected chi connectivity index (χ4v) is 3.33. The number of hydrogen-bond acceptors (Lipinski definition) is 5. The lowest BCUT2D eigenvalue weighted by Crippen LogP contribution is -2.40. The number of urea groups is 1. The minimum Gasteiger partial charge on any atom is -0.360 e. The molecule has 2 saturated heterocycles. The van der Waals surface area contributed by atoms with Crippen LogP contribution in [0.5, 0.6) is 0 Å².